The molecular weight excluding hydrogens is 532 g/mol. The summed E-state index contributed by atoms with van der Waals surface area (Å²) in [5.41, 5.74) is 2.55. The molecule has 2 amide bonds. The number of carbonyl (C=O) groups excluding carboxylic acids is 2. The fourth-order valence-corrected chi connectivity index (χ4v) is 5.73. The zero-order valence-corrected chi connectivity index (χ0v) is 23.9. The van der Waals surface area contributed by atoms with Crippen molar-refractivity contribution < 1.29 is 29.1 Å². The zero-order chi connectivity index (χ0) is 28.6. The van der Waals surface area contributed by atoms with Crippen LogP contribution in [0.5, 0.6) is 5.75 Å². The number of amides is 2. The lowest BCUT2D eigenvalue weighted by Gasteiger charge is -2.25. The number of aromatic carboxylic acids is 1. The van der Waals surface area contributed by atoms with E-state index in [4.69, 9.17) is 21.2 Å². The van der Waals surface area contributed by atoms with Crippen LogP contribution in [0.2, 0.25) is 5.02 Å². The van der Waals surface area contributed by atoms with Crippen LogP contribution in [0.4, 0.5) is 0 Å². The number of benzene rings is 2. The highest BCUT2D eigenvalue weighted by atomic mass is 35.5. The van der Waals surface area contributed by atoms with E-state index in [0.717, 1.165) is 36.8 Å². The molecule has 1 N–H and O–H groups in total. The molecule has 2 atom stereocenters. The molecule has 1 saturated heterocycles. The fraction of sp³-hybridized carbons (Fsp3) is 0.484. The molecule has 2 aromatic carbocycles. The largest absolute Gasteiger partial charge is 0.496 e. The Morgan fingerprint density at radius 3 is 2.50 bits per heavy atom. The second kappa shape index (κ2) is 13.8. The molecule has 8 nitrogen and oxygen atoms in total. The van der Waals surface area contributed by atoms with Crippen LogP contribution in [0.15, 0.2) is 47.6 Å². The Morgan fingerprint density at radius 2 is 1.85 bits per heavy atom. The van der Waals surface area contributed by atoms with E-state index in [9.17, 15) is 19.5 Å². The summed E-state index contributed by atoms with van der Waals surface area (Å²) >= 11 is 6.25. The van der Waals surface area contributed by atoms with Crippen LogP contribution in [0.1, 0.15) is 85.7 Å². The minimum Gasteiger partial charge on any atom is -0.496 e. The van der Waals surface area contributed by atoms with Crippen molar-refractivity contribution in [3.63, 3.8) is 0 Å². The molecule has 1 unspecified atom stereocenters. The molecule has 1 aliphatic carbocycles. The quantitative estimate of drug-likeness (QED) is 0.339. The Balaban J connectivity index is 1.57. The number of nitrogens with zero attached hydrogens (tertiary/aromatic N) is 2. The maximum atomic E-state index is 13.9. The highest BCUT2D eigenvalue weighted by molar-refractivity contribution is 6.30. The van der Waals surface area contributed by atoms with E-state index in [0.29, 0.717) is 42.2 Å². The van der Waals surface area contributed by atoms with Crippen LogP contribution in [0.3, 0.4) is 0 Å². The van der Waals surface area contributed by atoms with Crippen LogP contribution >= 0.6 is 11.6 Å². The van der Waals surface area contributed by atoms with Crippen LogP contribution < -0.4 is 4.74 Å². The van der Waals surface area contributed by atoms with Crippen molar-refractivity contribution in [1.82, 2.24) is 4.90 Å². The Hall–Kier alpha value is -3.39. The molecule has 4 rings (SSSR count). The first-order valence-electron chi connectivity index (χ1n) is 14.0. The summed E-state index contributed by atoms with van der Waals surface area (Å²) in [6, 6.07) is 11.9. The number of rotatable bonds is 10. The molecule has 2 aliphatic rings. The van der Waals surface area contributed by atoms with Gasteiger partial charge in [0.2, 0.25) is 11.8 Å². The molecule has 1 heterocycles. The van der Waals surface area contributed by atoms with Gasteiger partial charge in [0.15, 0.2) is 0 Å². The predicted octanol–water partition coefficient (Wildman–Crippen LogP) is 6.25. The lowest BCUT2D eigenvalue weighted by Crippen LogP contribution is -2.42. The summed E-state index contributed by atoms with van der Waals surface area (Å²) in [5, 5.41) is 14.2. The number of carboxylic acid groups (broad SMARTS) is 1. The number of ether oxygens (including phenoxy) is 1. The van der Waals surface area contributed by atoms with Gasteiger partial charge in [-0.3, -0.25) is 14.5 Å². The molecule has 0 spiro atoms. The number of oxime groups is 1. The van der Waals surface area contributed by atoms with Gasteiger partial charge < -0.3 is 14.7 Å². The van der Waals surface area contributed by atoms with E-state index in [1.165, 1.54) is 4.90 Å². The SMILES string of the molecule is CC[C@@H](CC(=O)N1C/C(=N/OC2CCCC2)CCC(Cc2cc(Cl)ccc2OC)C1=O)c1ccc(C(=O)O)cc1. The number of likely N-dealkylation sites (tertiary alicyclic amines) is 1. The summed E-state index contributed by atoms with van der Waals surface area (Å²) in [6.45, 7) is 2.08. The Kier molecular flexibility index (Phi) is 10.2. The van der Waals surface area contributed by atoms with Gasteiger partial charge in [-0.1, -0.05) is 35.8 Å². The molecule has 1 saturated carbocycles. The van der Waals surface area contributed by atoms with Crippen molar-refractivity contribution in [3.05, 3.63) is 64.2 Å². The van der Waals surface area contributed by atoms with Gasteiger partial charge in [0.25, 0.3) is 0 Å². The number of hydrogen-bond donors (Lipinski definition) is 1. The summed E-state index contributed by atoms with van der Waals surface area (Å²) in [5.74, 6) is -1.49. The van der Waals surface area contributed by atoms with Crippen molar-refractivity contribution in [2.75, 3.05) is 13.7 Å². The molecule has 40 heavy (non-hydrogen) atoms. The zero-order valence-electron chi connectivity index (χ0n) is 23.1. The Morgan fingerprint density at radius 1 is 1.12 bits per heavy atom. The van der Waals surface area contributed by atoms with E-state index in [1.54, 1.807) is 49.6 Å². The summed E-state index contributed by atoms with van der Waals surface area (Å²) in [4.78, 5) is 46.0. The van der Waals surface area contributed by atoms with E-state index < -0.39 is 11.9 Å². The monoisotopic (exact) mass is 568 g/mol. The van der Waals surface area contributed by atoms with E-state index in [1.807, 2.05) is 6.92 Å². The van der Waals surface area contributed by atoms with Crippen molar-refractivity contribution in [2.24, 2.45) is 11.1 Å². The molecule has 0 aromatic heterocycles. The van der Waals surface area contributed by atoms with Gasteiger partial charge in [-0.15, -0.1) is 0 Å². The highest BCUT2D eigenvalue weighted by Gasteiger charge is 2.35. The number of carboxylic acids is 1. The first kappa shape index (κ1) is 29.6. The molecule has 0 bridgehead atoms. The van der Waals surface area contributed by atoms with Gasteiger partial charge in [0.1, 0.15) is 11.9 Å². The standard InChI is InChI=1S/C31H37ClN2O6/c1-3-20(21-8-10-22(11-9-21)31(37)38)18-29(35)34-19-26(33-40-27-6-4-5-7-27)14-12-23(30(34)36)16-24-17-25(32)13-15-28(24)39-2/h8-11,13,15,17,20,23,27H,3-7,12,14,16,18-19H2,1-2H3,(H,37,38)/b33-26+/t20-,23?/m0/s1. The number of halogens is 1. The van der Waals surface area contributed by atoms with Crippen molar-refractivity contribution in [1.29, 1.82) is 0 Å². The van der Waals surface area contributed by atoms with Gasteiger partial charge in [-0.05, 0) is 98.7 Å². The normalized spacial score (nSPS) is 19.9. The summed E-state index contributed by atoms with van der Waals surface area (Å²) in [7, 11) is 1.58. The lowest BCUT2D eigenvalue weighted by atomic mass is 9.91. The van der Waals surface area contributed by atoms with Gasteiger partial charge in [0.05, 0.1) is 24.9 Å². The summed E-state index contributed by atoms with van der Waals surface area (Å²) < 4.78 is 5.51. The van der Waals surface area contributed by atoms with Gasteiger partial charge >= 0.3 is 5.97 Å². The number of methoxy groups -OCH3 is 1. The average Bonchev–Trinajstić information content (AvgIpc) is 3.43. The molecule has 9 heteroatoms. The van der Waals surface area contributed by atoms with Crippen LogP contribution in [-0.2, 0) is 20.8 Å². The van der Waals surface area contributed by atoms with Crippen molar-refractivity contribution in [3.8, 4) is 5.75 Å². The first-order valence-corrected chi connectivity index (χ1v) is 14.4. The second-order valence-electron chi connectivity index (χ2n) is 10.6. The number of imide groups is 1. The smallest absolute Gasteiger partial charge is 0.335 e. The molecule has 214 valence electrons. The first-order chi connectivity index (χ1) is 19.3. The van der Waals surface area contributed by atoms with Crippen LogP contribution in [0.25, 0.3) is 0 Å². The number of hydrogen-bond acceptors (Lipinski definition) is 6. The lowest BCUT2D eigenvalue weighted by molar-refractivity contribution is -0.146. The highest BCUT2D eigenvalue weighted by Crippen LogP contribution is 2.31. The minimum absolute atomic E-state index is 0.0837. The third kappa shape index (κ3) is 7.42. The van der Waals surface area contributed by atoms with Crippen molar-refractivity contribution in [2.45, 2.75) is 76.7 Å². The fourth-order valence-electron chi connectivity index (χ4n) is 5.53. The number of carbonyl (C=O) groups is 3. The van der Waals surface area contributed by atoms with Crippen LogP contribution in [-0.4, -0.2) is 53.3 Å². The Labute approximate surface area is 240 Å². The molecule has 2 aromatic rings. The van der Waals surface area contributed by atoms with Crippen LogP contribution in [0, 0.1) is 5.92 Å². The van der Waals surface area contributed by atoms with E-state index in [-0.39, 0.29) is 42.4 Å². The second-order valence-corrected chi connectivity index (χ2v) is 11.1. The molecule has 0 radical (unpaired) electrons. The maximum Gasteiger partial charge on any atom is 0.335 e. The van der Waals surface area contributed by atoms with E-state index >= 15 is 0 Å². The average molecular weight is 569 g/mol. The Bertz CT molecular complexity index is 1240. The minimum atomic E-state index is -1.00. The molecule has 1 aliphatic heterocycles. The van der Waals surface area contributed by atoms with Crippen molar-refractivity contribution >= 4 is 35.1 Å². The third-order valence-electron chi connectivity index (χ3n) is 7.92. The van der Waals surface area contributed by atoms with Gasteiger partial charge in [0, 0.05) is 17.4 Å². The molecule has 2 fully saturated rings. The topological polar surface area (TPSA) is 106 Å². The summed E-state index contributed by atoms with van der Waals surface area (Å²) in [6.07, 6.45) is 6.50. The van der Waals surface area contributed by atoms with E-state index in [2.05, 4.69) is 5.16 Å². The maximum absolute atomic E-state index is 13.9. The third-order valence-corrected chi connectivity index (χ3v) is 8.16. The molecular formula is C31H37ClN2O6. The van der Waals surface area contributed by atoms with Gasteiger partial charge in [-0.2, -0.15) is 0 Å². The predicted molar refractivity (Wildman–Crippen MR) is 153 cm³/mol. The van der Waals surface area contributed by atoms with Gasteiger partial charge in [-0.25, -0.2) is 4.79 Å².